The number of halogens is 5. The van der Waals surface area contributed by atoms with Crippen LogP contribution in [0.1, 0.15) is 18.4 Å². The van der Waals surface area contributed by atoms with Gasteiger partial charge in [0.05, 0.1) is 6.61 Å². The van der Waals surface area contributed by atoms with Gasteiger partial charge in [0.15, 0.2) is 5.41 Å². The van der Waals surface area contributed by atoms with E-state index >= 15 is 0 Å². The Morgan fingerprint density at radius 2 is 1.90 bits per heavy atom. The molecular formula is C14H11Cl2F3O. The van der Waals surface area contributed by atoms with E-state index in [0.29, 0.717) is 0 Å². The van der Waals surface area contributed by atoms with Crippen molar-refractivity contribution in [2.24, 2.45) is 5.92 Å². The summed E-state index contributed by atoms with van der Waals surface area (Å²) >= 11 is 11.6. The van der Waals surface area contributed by atoms with Gasteiger partial charge in [-0.1, -0.05) is 35.0 Å². The third-order valence-electron chi connectivity index (χ3n) is 3.18. The van der Waals surface area contributed by atoms with Crippen molar-refractivity contribution < 1.29 is 18.3 Å². The molecule has 0 heterocycles. The fraction of sp³-hybridized carbons (Fsp3) is 0.429. The fourth-order valence-electron chi connectivity index (χ4n) is 1.78. The second kappa shape index (κ2) is 5.48. The van der Waals surface area contributed by atoms with Crippen LogP contribution >= 0.6 is 23.2 Å². The molecule has 1 unspecified atom stereocenters. The summed E-state index contributed by atoms with van der Waals surface area (Å²) in [5.41, 5.74) is -3.01. The summed E-state index contributed by atoms with van der Waals surface area (Å²) in [5.74, 6) is 4.74. The highest BCUT2D eigenvalue weighted by Gasteiger charge is 2.56. The van der Waals surface area contributed by atoms with Crippen LogP contribution in [0.25, 0.3) is 0 Å². The standard InChI is InChI=1S/C14H11Cl2F3O/c15-10-3-4-12(16)11(7-10)13(8-20,14(17,18)19)6-5-9-1-2-9/h3-4,7,9,20H,1-2,8H2. The normalized spacial score (nSPS) is 18.1. The topological polar surface area (TPSA) is 20.2 Å². The Morgan fingerprint density at radius 3 is 2.40 bits per heavy atom. The molecule has 1 fully saturated rings. The van der Waals surface area contributed by atoms with Crippen LogP contribution in [-0.2, 0) is 5.41 Å². The summed E-state index contributed by atoms with van der Waals surface area (Å²) in [6.45, 7) is -1.20. The van der Waals surface area contributed by atoms with E-state index in [-0.39, 0.29) is 21.5 Å². The second-order valence-electron chi connectivity index (χ2n) is 4.73. The second-order valence-corrected chi connectivity index (χ2v) is 5.57. The third kappa shape index (κ3) is 2.90. The zero-order chi connectivity index (χ0) is 15.0. The van der Waals surface area contributed by atoms with E-state index in [4.69, 9.17) is 23.2 Å². The summed E-state index contributed by atoms with van der Waals surface area (Å²) in [5, 5.41) is 9.38. The number of hydrogen-bond donors (Lipinski definition) is 1. The average molecular weight is 323 g/mol. The van der Waals surface area contributed by atoms with Gasteiger partial charge in [0.1, 0.15) is 0 Å². The molecule has 1 aromatic carbocycles. The molecule has 0 amide bonds. The highest BCUT2D eigenvalue weighted by Crippen LogP contribution is 2.44. The quantitative estimate of drug-likeness (QED) is 0.809. The van der Waals surface area contributed by atoms with E-state index < -0.39 is 18.2 Å². The van der Waals surface area contributed by atoms with Crippen LogP contribution in [-0.4, -0.2) is 17.9 Å². The molecule has 1 aromatic rings. The Balaban J connectivity index is 2.61. The Kier molecular flexibility index (Phi) is 4.24. The molecule has 1 saturated carbocycles. The van der Waals surface area contributed by atoms with E-state index in [1.165, 1.54) is 12.1 Å². The molecule has 1 atom stereocenters. The minimum Gasteiger partial charge on any atom is -0.394 e. The third-order valence-corrected chi connectivity index (χ3v) is 3.74. The predicted octanol–water partition coefficient (Wildman–Crippen LogP) is 4.20. The van der Waals surface area contributed by atoms with Crippen LogP contribution in [0.4, 0.5) is 13.2 Å². The van der Waals surface area contributed by atoms with E-state index in [0.717, 1.165) is 18.9 Å². The number of rotatable bonds is 2. The Bertz CT molecular complexity index is 570. The lowest BCUT2D eigenvalue weighted by Gasteiger charge is -2.30. The van der Waals surface area contributed by atoms with Gasteiger partial charge in [0, 0.05) is 21.5 Å². The van der Waals surface area contributed by atoms with Gasteiger partial charge in [-0.3, -0.25) is 0 Å². The van der Waals surface area contributed by atoms with Gasteiger partial charge >= 0.3 is 6.18 Å². The van der Waals surface area contributed by atoms with Gasteiger partial charge in [0.25, 0.3) is 0 Å². The monoisotopic (exact) mass is 322 g/mol. The maximum Gasteiger partial charge on any atom is 0.411 e. The minimum atomic E-state index is -4.75. The van der Waals surface area contributed by atoms with Crippen LogP contribution in [0.3, 0.4) is 0 Å². The maximum absolute atomic E-state index is 13.5. The molecule has 0 saturated heterocycles. The predicted molar refractivity (Wildman–Crippen MR) is 71.8 cm³/mol. The van der Waals surface area contributed by atoms with E-state index in [1.807, 2.05) is 0 Å². The van der Waals surface area contributed by atoms with Crippen molar-refractivity contribution in [3.8, 4) is 11.8 Å². The molecule has 1 aliphatic rings. The summed E-state index contributed by atoms with van der Waals surface area (Å²) < 4.78 is 40.4. The summed E-state index contributed by atoms with van der Waals surface area (Å²) in [7, 11) is 0. The molecular weight excluding hydrogens is 312 g/mol. The molecule has 6 heteroatoms. The molecule has 0 radical (unpaired) electrons. The minimum absolute atomic E-state index is 0.0266. The van der Waals surface area contributed by atoms with Gasteiger partial charge in [-0.25, -0.2) is 0 Å². The lowest BCUT2D eigenvalue weighted by atomic mass is 9.80. The van der Waals surface area contributed by atoms with Crippen LogP contribution in [0.5, 0.6) is 0 Å². The Hall–Kier alpha value is -0.890. The van der Waals surface area contributed by atoms with Gasteiger partial charge in [-0.15, -0.1) is 0 Å². The summed E-state index contributed by atoms with van der Waals surface area (Å²) in [4.78, 5) is 0. The van der Waals surface area contributed by atoms with Crippen LogP contribution in [0.2, 0.25) is 10.0 Å². The van der Waals surface area contributed by atoms with Crippen LogP contribution in [0, 0.1) is 17.8 Å². The van der Waals surface area contributed by atoms with Crippen molar-refractivity contribution in [3.63, 3.8) is 0 Å². The average Bonchev–Trinajstić information content (AvgIpc) is 3.17. The molecule has 0 aliphatic heterocycles. The molecule has 0 bridgehead atoms. The Morgan fingerprint density at radius 1 is 1.25 bits per heavy atom. The first-order chi connectivity index (χ1) is 9.30. The number of benzene rings is 1. The summed E-state index contributed by atoms with van der Waals surface area (Å²) in [6, 6.07) is 3.77. The van der Waals surface area contributed by atoms with E-state index in [1.54, 1.807) is 0 Å². The van der Waals surface area contributed by atoms with Crippen molar-refractivity contribution in [1.29, 1.82) is 0 Å². The molecule has 0 spiro atoms. The van der Waals surface area contributed by atoms with E-state index in [9.17, 15) is 18.3 Å². The number of alkyl halides is 3. The molecule has 1 aliphatic carbocycles. The Labute approximate surface area is 124 Å². The number of aliphatic hydroxyl groups excluding tert-OH is 1. The lowest BCUT2D eigenvalue weighted by Crippen LogP contribution is -2.44. The highest BCUT2D eigenvalue weighted by atomic mass is 35.5. The zero-order valence-corrected chi connectivity index (χ0v) is 11.8. The smallest absolute Gasteiger partial charge is 0.394 e. The van der Waals surface area contributed by atoms with Gasteiger partial charge in [-0.2, -0.15) is 13.2 Å². The number of hydrogen-bond acceptors (Lipinski definition) is 1. The first-order valence-corrected chi connectivity index (χ1v) is 6.71. The zero-order valence-electron chi connectivity index (χ0n) is 10.3. The van der Waals surface area contributed by atoms with Crippen molar-refractivity contribution in [2.75, 3.05) is 6.61 Å². The molecule has 0 aromatic heterocycles. The van der Waals surface area contributed by atoms with Gasteiger partial charge in [0.2, 0.25) is 0 Å². The molecule has 108 valence electrons. The first-order valence-electron chi connectivity index (χ1n) is 5.96. The van der Waals surface area contributed by atoms with Crippen LogP contribution in [0.15, 0.2) is 18.2 Å². The van der Waals surface area contributed by atoms with Crippen molar-refractivity contribution in [2.45, 2.75) is 24.4 Å². The van der Waals surface area contributed by atoms with Gasteiger partial charge in [-0.05, 0) is 31.0 Å². The fourth-order valence-corrected chi connectivity index (χ4v) is 2.23. The van der Waals surface area contributed by atoms with E-state index in [2.05, 4.69) is 11.8 Å². The van der Waals surface area contributed by atoms with Gasteiger partial charge < -0.3 is 5.11 Å². The van der Waals surface area contributed by atoms with Crippen molar-refractivity contribution in [1.82, 2.24) is 0 Å². The maximum atomic E-state index is 13.5. The van der Waals surface area contributed by atoms with Crippen LogP contribution < -0.4 is 0 Å². The van der Waals surface area contributed by atoms with Crippen molar-refractivity contribution in [3.05, 3.63) is 33.8 Å². The van der Waals surface area contributed by atoms with Crippen molar-refractivity contribution >= 4 is 23.2 Å². The number of aliphatic hydroxyl groups is 1. The first kappa shape index (κ1) is 15.5. The lowest BCUT2D eigenvalue weighted by molar-refractivity contribution is -0.182. The molecule has 2 rings (SSSR count). The molecule has 1 N–H and O–H groups in total. The SMILES string of the molecule is OCC(C#CC1CC1)(c1cc(Cl)ccc1Cl)C(F)(F)F. The largest absolute Gasteiger partial charge is 0.411 e. The highest BCUT2D eigenvalue weighted by molar-refractivity contribution is 6.33. The molecule has 20 heavy (non-hydrogen) atoms. The molecule has 1 nitrogen and oxygen atoms in total. The summed E-state index contributed by atoms with van der Waals surface area (Å²) in [6.07, 6.45) is -3.18.